The molecule has 158 valence electrons. The van der Waals surface area contributed by atoms with Crippen molar-refractivity contribution in [2.75, 3.05) is 46.0 Å². The monoisotopic (exact) mass is 419 g/mol. The van der Waals surface area contributed by atoms with Crippen LogP contribution in [0.5, 0.6) is 0 Å². The second-order valence-corrected chi connectivity index (χ2v) is 7.69. The number of para-hydroxylation sites is 1. The number of hydrogen-bond acceptors (Lipinski definition) is 6. The van der Waals surface area contributed by atoms with Gasteiger partial charge in [-0.15, -0.1) is 0 Å². The lowest BCUT2D eigenvalue weighted by molar-refractivity contribution is -0.130. The van der Waals surface area contributed by atoms with Gasteiger partial charge in [0.1, 0.15) is 0 Å². The van der Waals surface area contributed by atoms with E-state index in [2.05, 4.69) is 29.0 Å². The third-order valence-corrected chi connectivity index (χ3v) is 5.61. The van der Waals surface area contributed by atoms with Crippen molar-refractivity contribution in [2.24, 2.45) is 0 Å². The van der Waals surface area contributed by atoms with Crippen molar-refractivity contribution in [2.45, 2.75) is 25.5 Å². The Morgan fingerprint density at radius 3 is 2.52 bits per heavy atom. The van der Waals surface area contributed by atoms with E-state index in [1.807, 2.05) is 12.1 Å². The number of carbonyl (C=O) groups excluding carboxylic acids is 2. The molecule has 0 fully saturated rings. The Morgan fingerprint density at radius 1 is 1.17 bits per heavy atom. The molecule has 0 aliphatic carbocycles. The number of nitrogens with one attached hydrogen (secondary N) is 1. The Kier molecular flexibility index (Phi) is 8.66. The van der Waals surface area contributed by atoms with Crippen LogP contribution in [0.15, 0.2) is 34.2 Å². The van der Waals surface area contributed by atoms with Crippen molar-refractivity contribution < 1.29 is 9.59 Å². The summed E-state index contributed by atoms with van der Waals surface area (Å²) in [6.45, 7) is 7.14. The highest BCUT2D eigenvalue weighted by atomic mass is 32.2. The Hall–Kier alpha value is -2.39. The number of hydrogen-bond donors (Lipinski definition) is 1. The number of carbonyl (C=O) groups is 2. The second kappa shape index (κ2) is 11.0. The Morgan fingerprint density at radius 2 is 1.86 bits per heavy atom. The highest BCUT2D eigenvalue weighted by Gasteiger charge is 2.14. The van der Waals surface area contributed by atoms with Gasteiger partial charge in [0.2, 0.25) is 11.8 Å². The number of rotatable bonds is 10. The molecule has 1 N–H and O–H groups in total. The summed E-state index contributed by atoms with van der Waals surface area (Å²) in [4.78, 5) is 45.0. The van der Waals surface area contributed by atoms with Gasteiger partial charge in [0, 0.05) is 27.2 Å². The van der Waals surface area contributed by atoms with E-state index in [-0.39, 0.29) is 29.7 Å². The first-order valence-electron chi connectivity index (χ1n) is 9.68. The molecule has 1 aromatic carbocycles. The van der Waals surface area contributed by atoms with E-state index < -0.39 is 0 Å². The lowest BCUT2D eigenvalue weighted by Gasteiger charge is -2.20. The van der Waals surface area contributed by atoms with Gasteiger partial charge in [0.25, 0.3) is 5.56 Å². The minimum absolute atomic E-state index is 0.0493. The minimum atomic E-state index is -0.275. The average molecular weight is 420 g/mol. The van der Waals surface area contributed by atoms with Crippen molar-refractivity contribution in [1.29, 1.82) is 0 Å². The summed E-state index contributed by atoms with van der Waals surface area (Å²) in [6.07, 6.45) is 0. The van der Waals surface area contributed by atoms with E-state index in [9.17, 15) is 14.4 Å². The maximum atomic E-state index is 13.0. The maximum Gasteiger partial charge on any atom is 0.262 e. The molecule has 0 bridgehead atoms. The highest BCUT2D eigenvalue weighted by molar-refractivity contribution is 7.99. The van der Waals surface area contributed by atoms with Crippen LogP contribution in [0.25, 0.3) is 10.9 Å². The molecular formula is C20H29N5O3S. The van der Waals surface area contributed by atoms with Crippen LogP contribution in [0.1, 0.15) is 13.8 Å². The molecule has 2 rings (SSSR count). The number of benzene rings is 1. The molecule has 1 aromatic heterocycles. The summed E-state index contributed by atoms with van der Waals surface area (Å²) in [5.74, 6) is -0.372. The van der Waals surface area contributed by atoms with Crippen LogP contribution in [0, 0.1) is 0 Å². The molecule has 1 heterocycles. The predicted molar refractivity (Wildman–Crippen MR) is 116 cm³/mol. The summed E-state index contributed by atoms with van der Waals surface area (Å²) in [6, 6.07) is 7.23. The van der Waals surface area contributed by atoms with Crippen molar-refractivity contribution in [3.05, 3.63) is 34.6 Å². The lowest BCUT2D eigenvalue weighted by atomic mass is 10.2. The number of likely N-dealkylation sites (N-methyl/N-ethyl adjacent to an activating group) is 2. The standard InChI is InChI=1S/C20H29N5O3S/c1-5-24(6-2)11-12-25-19(28)15-9-7-8-10-16(15)22-20(25)29-14-17(26)21-13-18(27)23(3)4/h7-10H,5-6,11-14H2,1-4H3,(H,21,26). The molecule has 2 aromatic rings. The van der Waals surface area contributed by atoms with Crippen LogP contribution in [-0.2, 0) is 16.1 Å². The molecule has 0 atom stereocenters. The topological polar surface area (TPSA) is 87.5 Å². The minimum Gasteiger partial charge on any atom is -0.347 e. The van der Waals surface area contributed by atoms with Gasteiger partial charge in [-0.2, -0.15) is 0 Å². The molecule has 0 unspecified atom stereocenters. The van der Waals surface area contributed by atoms with Crippen molar-refractivity contribution in [3.8, 4) is 0 Å². The lowest BCUT2D eigenvalue weighted by Crippen LogP contribution is -2.37. The van der Waals surface area contributed by atoms with Crippen molar-refractivity contribution >= 4 is 34.5 Å². The molecule has 0 saturated carbocycles. The summed E-state index contributed by atoms with van der Waals surface area (Å²) >= 11 is 1.21. The summed E-state index contributed by atoms with van der Waals surface area (Å²) in [7, 11) is 3.27. The van der Waals surface area contributed by atoms with Gasteiger partial charge in [-0.25, -0.2) is 4.98 Å². The zero-order valence-electron chi connectivity index (χ0n) is 17.5. The Bertz CT molecular complexity index is 909. The Labute approximate surface area is 175 Å². The average Bonchev–Trinajstić information content (AvgIpc) is 2.72. The molecular weight excluding hydrogens is 390 g/mol. The number of amides is 2. The summed E-state index contributed by atoms with van der Waals surface area (Å²) in [5.41, 5.74) is 0.510. The van der Waals surface area contributed by atoms with E-state index in [0.29, 0.717) is 22.6 Å². The molecule has 9 heteroatoms. The number of nitrogens with zero attached hydrogens (tertiary/aromatic N) is 4. The fourth-order valence-electron chi connectivity index (χ4n) is 2.75. The SMILES string of the molecule is CCN(CC)CCn1c(SCC(=O)NCC(=O)N(C)C)nc2ccccc2c1=O. The molecule has 0 saturated heterocycles. The van der Waals surface area contributed by atoms with Gasteiger partial charge in [-0.05, 0) is 25.2 Å². The van der Waals surface area contributed by atoms with E-state index in [0.717, 1.165) is 19.6 Å². The van der Waals surface area contributed by atoms with Gasteiger partial charge in [0.15, 0.2) is 5.16 Å². The van der Waals surface area contributed by atoms with Crippen LogP contribution in [-0.4, -0.2) is 77.2 Å². The smallest absolute Gasteiger partial charge is 0.262 e. The fraction of sp³-hybridized carbons (Fsp3) is 0.500. The quantitative estimate of drug-likeness (QED) is 0.457. The molecule has 0 aliphatic heterocycles. The van der Waals surface area contributed by atoms with Crippen LogP contribution in [0.2, 0.25) is 0 Å². The molecule has 2 amide bonds. The van der Waals surface area contributed by atoms with E-state index >= 15 is 0 Å². The Balaban J connectivity index is 2.19. The fourth-order valence-corrected chi connectivity index (χ4v) is 3.60. The third-order valence-electron chi connectivity index (χ3n) is 4.63. The number of thioether (sulfide) groups is 1. The molecule has 29 heavy (non-hydrogen) atoms. The van der Waals surface area contributed by atoms with Gasteiger partial charge in [-0.3, -0.25) is 19.0 Å². The third kappa shape index (κ3) is 6.30. The molecule has 0 spiro atoms. The summed E-state index contributed by atoms with van der Waals surface area (Å²) < 4.78 is 1.64. The zero-order chi connectivity index (χ0) is 21.4. The number of aromatic nitrogens is 2. The molecule has 8 nitrogen and oxygen atoms in total. The molecule has 0 aliphatic rings. The maximum absolute atomic E-state index is 13.0. The van der Waals surface area contributed by atoms with Crippen LogP contribution >= 0.6 is 11.8 Å². The van der Waals surface area contributed by atoms with Gasteiger partial charge < -0.3 is 15.1 Å². The van der Waals surface area contributed by atoms with Crippen molar-refractivity contribution in [3.63, 3.8) is 0 Å². The van der Waals surface area contributed by atoms with Crippen LogP contribution in [0.4, 0.5) is 0 Å². The van der Waals surface area contributed by atoms with E-state index in [4.69, 9.17) is 0 Å². The predicted octanol–water partition coefficient (Wildman–Crippen LogP) is 1.03. The van der Waals surface area contributed by atoms with E-state index in [1.165, 1.54) is 16.7 Å². The first kappa shape index (κ1) is 22.9. The van der Waals surface area contributed by atoms with Crippen LogP contribution in [0.3, 0.4) is 0 Å². The zero-order valence-corrected chi connectivity index (χ0v) is 18.3. The second-order valence-electron chi connectivity index (χ2n) is 6.75. The number of fused-ring (bicyclic) bond motifs is 1. The normalized spacial score (nSPS) is 11.1. The van der Waals surface area contributed by atoms with Gasteiger partial charge >= 0.3 is 0 Å². The van der Waals surface area contributed by atoms with E-state index in [1.54, 1.807) is 30.8 Å². The first-order chi connectivity index (χ1) is 13.9. The van der Waals surface area contributed by atoms with Gasteiger partial charge in [0.05, 0.1) is 23.2 Å². The van der Waals surface area contributed by atoms with Crippen LogP contribution < -0.4 is 10.9 Å². The van der Waals surface area contributed by atoms with Crippen molar-refractivity contribution in [1.82, 2.24) is 24.7 Å². The molecule has 0 radical (unpaired) electrons. The summed E-state index contributed by atoms with van der Waals surface area (Å²) in [5, 5.41) is 3.68. The van der Waals surface area contributed by atoms with Gasteiger partial charge in [-0.1, -0.05) is 37.7 Å². The largest absolute Gasteiger partial charge is 0.347 e. The first-order valence-corrected chi connectivity index (χ1v) is 10.7. The highest BCUT2D eigenvalue weighted by Crippen LogP contribution is 2.17.